The van der Waals surface area contributed by atoms with Crippen LogP contribution >= 0.6 is 0 Å². The van der Waals surface area contributed by atoms with E-state index < -0.39 is 39.2 Å². The van der Waals surface area contributed by atoms with Gasteiger partial charge in [-0.05, 0) is 62.9 Å². The maximum atomic E-state index is 13.9. The lowest BCUT2D eigenvalue weighted by molar-refractivity contribution is -0.155. The van der Waals surface area contributed by atoms with Crippen molar-refractivity contribution in [2.75, 3.05) is 6.61 Å². The highest BCUT2D eigenvalue weighted by molar-refractivity contribution is 7.95. The molecule has 3 rings (SSSR count). The van der Waals surface area contributed by atoms with Gasteiger partial charge in [0.15, 0.2) is 14.6 Å². The van der Waals surface area contributed by atoms with Crippen molar-refractivity contribution in [2.45, 2.75) is 88.4 Å². The van der Waals surface area contributed by atoms with Crippen LogP contribution in [0, 0.1) is 0 Å². The summed E-state index contributed by atoms with van der Waals surface area (Å²) in [6, 6.07) is 20.3. The summed E-state index contributed by atoms with van der Waals surface area (Å²) in [6.45, 7) is 15.1. The highest BCUT2D eigenvalue weighted by Gasteiger charge is 2.67. The molecule has 0 bridgehead atoms. The molecule has 35 heavy (non-hydrogen) atoms. The lowest BCUT2D eigenvalue weighted by Crippen LogP contribution is -2.68. The van der Waals surface area contributed by atoms with Gasteiger partial charge in [-0.2, -0.15) is 0 Å². The van der Waals surface area contributed by atoms with Crippen LogP contribution in [0.1, 0.15) is 68.2 Å². The number of sulfone groups is 1. The van der Waals surface area contributed by atoms with Crippen LogP contribution in [0.2, 0.25) is 5.04 Å². The van der Waals surface area contributed by atoms with E-state index in [2.05, 4.69) is 45.0 Å². The fraction of sp³-hybridized carbons (Fsp3) is 0.536. The van der Waals surface area contributed by atoms with Crippen molar-refractivity contribution in [3.8, 4) is 0 Å². The lowest BCUT2D eigenvalue weighted by atomic mass is 10.2. The Kier molecular flexibility index (Phi) is 7.23. The number of ether oxygens (including phenoxy) is 1. The number of hydrogen-bond donors (Lipinski definition) is 0. The monoisotopic (exact) mass is 516 g/mol. The van der Waals surface area contributed by atoms with E-state index in [1.54, 1.807) is 34.6 Å². The first kappa shape index (κ1) is 27.6. The minimum absolute atomic E-state index is 0.0207. The van der Waals surface area contributed by atoms with Gasteiger partial charge < -0.3 is 9.16 Å². The number of benzene rings is 2. The normalized spacial score (nSPS) is 16.6. The summed E-state index contributed by atoms with van der Waals surface area (Å²) in [4.78, 5) is 13.0. The number of hydrogen-bond acceptors (Lipinski definition) is 5. The molecule has 0 aromatic heterocycles. The highest BCUT2D eigenvalue weighted by Crippen LogP contribution is 2.50. The quantitative estimate of drug-likeness (QED) is 0.378. The maximum absolute atomic E-state index is 13.9. The minimum atomic E-state index is -3.91. The zero-order valence-corrected chi connectivity index (χ0v) is 24.2. The van der Waals surface area contributed by atoms with Crippen LogP contribution < -0.4 is 10.4 Å². The molecule has 1 saturated carbocycles. The molecule has 7 heteroatoms. The second-order valence-corrected chi connectivity index (χ2v) is 19.4. The fourth-order valence-corrected chi connectivity index (χ4v) is 11.7. The van der Waals surface area contributed by atoms with Gasteiger partial charge in [0.05, 0.1) is 11.4 Å². The van der Waals surface area contributed by atoms with Gasteiger partial charge in [0.25, 0.3) is 8.32 Å². The van der Waals surface area contributed by atoms with Crippen molar-refractivity contribution < 1.29 is 22.4 Å². The zero-order valence-electron chi connectivity index (χ0n) is 22.3. The molecule has 2 aromatic rings. The van der Waals surface area contributed by atoms with Gasteiger partial charge in [-0.25, -0.2) is 8.42 Å². The fourth-order valence-electron chi connectivity index (χ4n) is 4.72. The minimum Gasteiger partial charge on any atom is -0.459 e. The van der Waals surface area contributed by atoms with Crippen LogP contribution in [0.3, 0.4) is 0 Å². The van der Waals surface area contributed by atoms with Crippen LogP contribution in [0.25, 0.3) is 0 Å². The van der Waals surface area contributed by atoms with Crippen LogP contribution in [0.5, 0.6) is 0 Å². The highest BCUT2D eigenvalue weighted by atomic mass is 32.2. The Balaban J connectivity index is 2.03. The first-order valence-electron chi connectivity index (χ1n) is 12.2. The van der Waals surface area contributed by atoms with Crippen molar-refractivity contribution in [3.63, 3.8) is 0 Å². The molecule has 0 aliphatic heterocycles. The third-order valence-electron chi connectivity index (χ3n) is 6.77. The van der Waals surface area contributed by atoms with E-state index in [-0.39, 0.29) is 24.5 Å². The van der Waals surface area contributed by atoms with E-state index >= 15 is 0 Å². The molecule has 1 aliphatic carbocycles. The molecule has 0 unspecified atom stereocenters. The number of esters is 1. The summed E-state index contributed by atoms with van der Waals surface area (Å²) >= 11 is 0. The molecule has 5 nitrogen and oxygen atoms in total. The summed E-state index contributed by atoms with van der Waals surface area (Å²) < 4.78 is 37.6. The van der Waals surface area contributed by atoms with Crippen LogP contribution in [-0.4, -0.2) is 44.4 Å². The van der Waals surface area contributed by atoms with Crippen LogP contribution in [-0.2, 0) is 23.8 Å². The number of rotatable bonds is 8. The Morgan fingerprint density at radius 3 is 1.60 bits per heavy atom. The third-order valence-corrected chi connectivity index (χ3v) is 14.9. The molecule has 0 saturated heterocycles. The average Bonchev–Trinajstić information content (AvgIpc) is 3.56. The molecule has 0 radical (unpaired) electrons. The molecule has 0 heterocycles. The van der Waals surface area contributed by atoms with Crippen LogP contribution in [0.15, 0.2) is 60.7 Å². The second kappa shape index (κ2) is 9.16. The van der Waals surface area contributed by atoms with Crippen LogP contribution in [0.4, 0.5) is 0 Å². The summed E-state index contributed by atoms with van der Waals surface area (Å²) in [6.07, 6.45) is 0.569. The average molecular weight is 517 g/mol. The first-order chi connectivity index (χ1) is 16.0. The van der Waals surface area contributed by atoms with Crippen molar-refractivity contribution in [3.05, 3.63) is 60.7 Å². The zero-order chi connectivity index (χ0) is 26.3. The third kappa shape index (κ3) is 5.00. The van der Waals surface area contributed by atoms with Gasteiger partial charge in [0.2, 0.25) is 0 Å². The van der Waals surface area contributed by atoms with Crippen molar-refractivity contribution in [1.29, 1.82) is 0 Å². The summed E-state index contributed by atoms with van der Waals surface area (Å²) in [5.41, 5.74) is -0.752. The summed E-state index contributed by atoms with van der Waals surface area (Å²) in [5.74, 6) is -0.650. The van der Waals surface area contributed by atoms with Gasteiger partial charge in [0.1, 0.15) is 5.60 Å². The Bertz CT molecular complexity index is 1100. The lowest BCUT2D eigenvalue weighted by Gasteiger charge is -2.44. The Morgan fingerprint density at radius 1 is 0.829 bits per heavy atom. The van der Waals surface area contributed by atoms with Gasteiger partial charge in [-0.15, -0.1) is 0 Å². The molecule has 0 N–H and O–H groups in total. The molecule has 1 aliphatic rings. The Hall–Kier alpha value is -1.96. The van der Waals surface area contributed by atoms with E-state index in [1.165, 1.54) is 0 Å². The van der Waals surface area contributed by atoms with Gasteiger partial charge >= 0.3 is 5.97 Å². The Morgan fingerprint density at radius 2 is 1.26 bits per heavy atom. The predicted octanol–water partition coefficient (Wildman–Crippen LogP) is 4.63. The van der Waals surface area contributed by atoms with Crippen molar-refractivity contribution in [2.24, 2.45) is 0 Å². The molecular weight excluding hydrogens is 476 g/mol. The molecule has 2 aromatic carbocycles. The molecule has 1 fully saturated rings. The topological polar surface area (TPSA) is 69.7 Å². The van der Waals surface area contributed by atoms with E-state index in [1.807, 2.05) is 36.4 Å². The second-order valence-electron chi connectivity index (χ2n) is 12.2. The molecule has 192 valence electrons. The number of carbonyl (C=O) groups is 1. The summed E-state index contributed by atoms with van der Waals surface area (Å²) in [7, 11) is -6.83. The van der Waals surface area contributed by atoms with E-state index in [0.717, 1.165) is 10.4 Å². The van der Waals surface area contributed by atoms with E-state index in [4.69, 9.17) is 9.16 Å². The maximum Gasteiger partial charge on any atom is 0.328 e. The molecule has 0 spiro atoms. The van der Waals surface area contributed by atoms with Crippen molar-refractivity contribution in [1.82, 2.24) is 0 Å². The standard InChI is InChI=1S/C28H40O5SSi/c1-25(2,3)33-24(29)28(19-20-28)34(30,31)27(7,8)21-32-35(26(4,5)6,22-15-11-9-12-16-22)23-17-13-10-14-18-23/h9-18H,19-21H2,1-8H3. The molecule has 0 atom stereocenters. The SMILES string of the molecule is CC(C)(C)OC(=O)C1(S(=O)(=O)C(C)(C)CO[Si](c2ccccc2)(c2ccccc2)C(C)(C)C)CC1. The smallest absolute Gasteiger partial charge is 0.328 e. The largest absolute Gasteiger partial charge is 0.459 e. The predicted molar refractivity (Wildman–Crippen MR) is 144 cm³/mol. The Labute approximate surface area is 212 Å². The molecular formula is C28H40O5SSi. The first-order valence-corrected chi connectivity index (χ1v) is 15.6. The van der Waals surface area contributed by atoms with Gasteiger partial charge in [-0.1, -0.05) is 81.4 Å². The van der Waals surface area contributed by atoms with Crippen molar-refractivity contribution >= 4 is 34.5 Å². The molecule has 0 amide bonds. The van der Waals surface area contributed by atoms with E-state index in [0.29, 0.717) is 0 Å². The van der Waals surface area contributed by atoms with Gasteiger partial charge in [0, 0.05) is 0 Å². The van der Waals surface area contributed by atoms with Gasteiger partial charge in [-0.3, -0.25) is 4.79 Å². The summed E-state index contributed by atoms with van der Waals surface area (Å²) in [5, 5.41) is 1.89. The van der Waals surface area contributed by atoms with E-state index in [9.17, 15) is 13.2 Å². The number of carbonyl (C=O) groups excluding carboxylic acids is 1.